The zero-order chi connectivity index (χ0) is 21.9. The van der Waals surface area contributed by atoms with Crippen molar-refractivity contribution in [2.24, 2.45) is 5.92 Å². The molecule has 5 heteroatoms. The first kappa shape index (κ1) is 23.2. The Labute approximate surface area is 178 Å². The molecule has 2 atom stereocenters. The molecule has 0 spiro atoms. The summed E-state index contributed by atoms with van der Waals surface area (Å²) in [6.07, 6.45) is 1.46. The maximum absolute atomic E-state index is 12.3. The van der Waals surface area contributed by atoms with Crippen LogP contribution < -0.4 is 5.32 Å². The Bertz CT molecular complexity index is 830. The molecule has 2 unspecified atom stereocenters. The van der Waals surface area contributed by atoms with Crippen LogP contribution in [0.3, 0.4) is 0 Å². The summed E-state index contributed by atoms with van der Waals surface area (Å²) in [4.78, 5) is 24.3. The van der Waals surface area contributed by atoms with Gasteiger partial charge in [0.05, 0.1) is 18.3 Å². The van der Waals surface area contributed by atoms with Crippen LogP contribution in [0.4, 0.5) is 0 Å². The Morgan fingerprint density at radius 2 is 1.67 bits per heavy atom. The van der Waals surface area contributed by atoms with E-state index in [0.29, 0.717) is 19.4 Å². The number of carbonyl (C=O) groups excluding carboxylic acids is 2. The number of hydrogen-bond acceptors (Lipinski definition) is 4. The van der Waals surface area contributed by atoms with Crippen LogP contribution in [0.2, 0.25) is 0 Å². The molecule has 0 fully saturated rings. The van der Waals surface area contributed by atoms with Gasteiger partial charge in [-0.2, -0.15) is 0 Å². The fourth-order valence-electron chi connectivity index (χ4n) is 3.31. The van der Waals surface area contributed by atoms with Crippen molar-refractivity contribution >= 4 is 11.9 Å². The third kappa shape index (κ3) is 7.74. The quantitative estimate of drug-likeness (QED) is 0.412. The first-order chi connectivity index (χ1) is 14.4. The van der Waals surface area contributed by atoms with Crippen LogP contribution in [0.25, 0.3) is 11.1 Å². The van der Waals surface area contributed by atoms with Crippen LogP contribution >= 0.6 is 0 Å². The first-order valence-corrected chi connectivity index (χ1v) is 10.4. The minimum absolute atomic E-state index is 0.0157. The number of ether oxygens (including phenoxy) is 1. The van der Waals surface area contributed by atoms with Crippen molar-refractivity contribution in [1.82, 2.24) is 5.32 Å². The molecule has 2 aromatic carbocycles. The standard InChI is InChI=1S/C25H31NO4/c1-4-30-25(29)18(2)16-23(26-24(28)15-10-19(3)27)17-20-11-13-22(14-12-20)21-8-6-5-7-9-21/h5-9,11-14,18,23,27H,3-4,10,15-17H2,1-2H3,(H,26,28). The Balaban J connectivity index is 2.07. The van der Waals surface area contributed by atoms with Gasteiger partial charge in [0.1, 0.15) is 0 Å². The van der Waals surface area contributed by atoms with Gasteiger partial charge in [0.2, 0.25) is 5.91 Å². The van der Waals surface area contributed by atoms with Crippen molar-refractivity contribution in [2.75, 3.05) is 6.61 Å². The fraction of sp³-hybridized carbons (Fsp3) is 0.360. The predicted molar refractivity (Wildman–Crippen MR) is 119 cm³/mol. The van der Waals surface area contributed by atoms with Crippen LogP contribution in [0, 0.1) is 5.92 Å². The lowest BCUT2D eigenvalue weighted by Crippen LogP contribution is -2.38. The van der Waals surface area contributed by atoms with Gasteiger partial charge in [0, 0.05) is 18.9 Å². The second kappa shape index (κ2) is 11.8. The Hall–Kier alpha value is -3.08. The molecule has 2 rings (SSSR count). The van der Waals surface area contributed by atoms with Gasteiger partial charge in [-0.25, -0.2) is 0 Å². The number of amides is 1. The summed E-state index contributed by atoms with van der Waals surface area (Å²) in [5, 5.41) is 12.2. The normalized spacial score (nSPS) is 12.6. The van der Waals surface area contributed by atoms with Gasteiger partial charge in [0.25, 0.3) is 0 Å². The number of carbonyl (C=O) groups is 2. The molecule has 5 nitrogen and oxygen atoms in total. The molecule has 0 saturated carbocycles. The number of rotatable bonds is 11. The van der Waals surface area contributed by atoms with Crippen molar-refractivity contribution in [3.8, 4) is 11.1 Å². The van der Waals surface area contributed by atoms with E-state index >= 15 is 0 Å². The largest absolute Gasteiger partial charge is 0.513 e. The molecule has 0 saturated heterocycles. The second-order valence-corrected chi connectivity index (χ2v) is 7.49. The average Bonchev–Trinajstić information content (AvgIpc) is 2.73. The van der Waals surface area contributed by atoms with E-state index < -0.39 is 0 Å². The van der Waals surface area contributed by atoms with Crippen LogP contribution in [0.15, 0.2) is 66.9 Å². The first-order valence-electron chi connectivity index (χ1n) is 10.4. The van der Waals surface area contributed by atoms with Crippen LogP contribution in [0.5, 0.6) is 0 Å². The van der Waals surface area contributed by atoms with Crippen molar-refractivity contribution in [1.29, 1.82) is 0 Å². The Morgan fingerprint density at radius 1 is 1.03 bits per heavy atom. The molecule has 0 aliphatic rings. The molecule has 1 amide bonds. The number of nitrogens with one attached hydrogen (secondary N) is 1. The van der Waals surface area contributed by atoms with E-state index in [9.17, 15) is 14.7 Å². The highest BCUT2D eigenvalue weighted by Gasteiger charge is 2.22. The van der Waals surface area contributed by atoms with Gasteiger partial charge in [-0.3, -0.25) is 9.59 Å². The van der Waals surface area contributed by atoms with E-state index in [4.69, 9.17) is 4.74 Å². The van der Waals surface area contributed by atoms with Gasteiger partial charge >= 0.3 is 5.97 Å². The Kier molecular flexibility index (Phi) is 9.13. The number of benzene rings is 2. The lowest BCUT2D eigenvalue weighted by molar-refractivity contribution is -0.148. The average molecular weight is 410 g/mol. The summed E-state index contributed by atoms with van der Waals surface area (Å²) in [5.41, 5.74) is 3.35. The summed E-state index contributed by atoms with van der Waals surface area (Å²) in [7, 11) is 0. The summed E-state index contributed by atoms with van der Waals surface area (Å²) < 4.78 is 5.11. The van der Waals surface area contributed by atoms with E-state index in [1.54, 1.807) is 6.92 Å². The zero-order valence-corrected chi connectivity index (χ0v) is 17.8. The van der Waals surface area contributed by atoms with Crippen molar-refractivity contribution in [3.63, 3.8) is 0 Å². The summed E-state index contributed by atoms with van der Waals surface area (Å²) in [6, 6.07) is 18.1. The predicted octanol–water partition coefficient (Wildman–Crippen LogP) is 4.82. The lowest BCUT2D eigenvalue weighted by Gasteiger charge is -2.22. The minimum Gasteiger partial charge on any atom is -0.513 e. The number of hydrogen-bond donors (Lipinski definition) is 2. The Morgan fingerprint density at radius 3 is 2.27 bits per heavy atom. The maximum Gasteiger partial charge on any atom is 0.308 e. The van der Waals surface area contributed by atoms with E-state index in [0.717, 1.165) is 16.7 Å². The van der Waals surface area contributed by atoms with E-state index in [2.05, 4.69) is 36.2 Å². The maximum atomic E-state index is 12.3. The molecule has 0 aliphatic carbocycles. The van der Waals surface area contributed by atoms with Gasteiger partial charge in [0.15, 0.2) is 0 Å². The molecule has 0 bridgehead atoms. The third-order valence-electron chi connectivity index (χ3n) is 4.88. The van der Waals surface area contributed by atoms with Crippen molar-refractivity contribution in [3.05, 3.63) is 72.5 Å². The van der Waals surface area contributed by atoms with Gasteiger partial charge in [-0.1, -0.05) is 68.1 Å². The number of aliphatic hydroxyl groups is 1. The van der Waals surface area contributed by atoms with E-state index in [1.165, 1.54) is 0 Å². The van der Waals surface area contributed by atoms with Crippen LogP contribution in [-0.4, -0.2) is 29.6 Å². The van der Waals surface area contributed by atoms with Crippen molar-refractivity contribution in [2.45, 2.75) is 45.6 Å². The van der Waals surface area contributed by atoms with E-state index in [1.807, 2.05) is 37.3 Å². The number of allylic oxidation sites excluding steroid dienone is 1. The summed E-state index contributed by atoms with van der Waals surface area (Å²) in [6.45, 7) is 7.34. The molecule has 30 heavy (non-hydrogen) atoms. The third-order valence-corrected chi connectivity index (χ3v) is 4.88. The highest BCUT2D eigenvalue weighted by molar-refractivity contribution is 5.77. The molecular formula is C25H31NO4. The molecule has 0 radical (unpaired) electrons. The molecule has 2 N–H and O–H groups in total. The smallest absolute Gasteiger partial charge is 0.308 e. The zero-order valence-electron chi connectivity index (χ0n) is 17.8. The minimum atomic E-state index is -0.327. The topological polar surface area (TPSA) is 75.6 Å². The monoisotopic (exact) mass is 409 g/mol. The van der Waals surface area contributed by atoms with Gasteiger partial charge < -0.3 is 15.2 Å². The van der Waals surface area contributed by atoms with E-state index in [-0.39, 0.29) is 42.4 Å². The molecule has 0 aliphatic heterocycles. The van der Waals surface area contributed by atoms with Crippen LogP contribution in [0.1, 0.15) is 38.7 Å². The highest BCUT2D eigenvalue weighted by Crippen LogP contribution is 2.21. The molecule has 0 aromatic heterocycles. The molecule has 2 aromatic rings. The van der Waals surface area contributed by atoms with Crippen molar-refractivity contribution < 1.29 is 19.4 Å². The summed E-state index contributed by atoms with van der Waals surface area (Å²) in [5.74, 6) is -0.781. The highest BCUT2D eigenvalue weighted by atomic mass is 16.5. The summed E-state index contributed by atoms with van der Waals surface area (Å²) >= 11 is 0. The molecule has 160 valence electrons. The SMILES string of the molecule is C=C(O)CCC(=O)NC(Cc1ccc(-c2ccccc2)cc1)CC(C)C(=O)OCC. The fourth-order valence-corrected chi connectivity index (χ4v) is 3.31. The van der Waals surface area contributed by atoms with Crippen LogP contribution in [-0.2, 0) is 20.7 Å². The number of aliphatic hydroxyl groups excluding tert-OH is 1. The van der Waals surface area contributed by atoms with Gasteiger partial charge in [-0.15, -0.1) is 0 Å². The lowest BCUT2D eigenvalue weighted by atomic mass is 9.94. The second-order valence-electron chi connectivity index (χ2n) is 7.49. The molecule has 0 heterocycles. The molecular weight excluding hydrogens is 378 g/mol. The number of esters is 1. The van der Waals surface area contributed by atoms with Gasteiger partial charge in [-0.05, 0) is 36.5 Å².